The number of amides is 1. The Bertz CT molecular complexity index is 580. The highest BCUT2D eigenvalue weighted by Gasteiger charge is 2.05. The summed E-state index contributed by atoms with van der Waals surface area (Å²) in [4.78, 5) is 25.0. The summed E-state index contributed by atoms with van der Waals surface area (Å²) in [6.45, 7) is 0.509. The van der Waals surface area contributed by atoms with Gasteiger partial charge < -0.3 is 10.3 Å². The van der Waals surface area contributed by atoms with Gasteiger partial charge in [-0.3, -0.25) is 14.3 Å². The van der Waals surface area contributed by atoms with Crippen molar-refractivity contribution in [1.82, 2.24) is 20.1 Å². The van der Waals surface area contributed by atoms with Gasteiger partial charge in [0.1, 0.15) is 0 Å². The van der Waals surface area contributed by atoms with Crippen molar-refractivity contribution in [1.29, 1.82) is 0 Å². The van der Waals surface area contributed by atoms with E-state index >= 15 is 0 Å². The van der Waals surface area contributed by atoms with Crippen molar-refractivity contribution in [3.8, 4) is 0 Å². The number of nitrogens with zero attached hydrogens (tertiary/aromatic N) is 2. The number of aromatic nitrogens is 3. The van der Waals surface area contributed by atoms with E-state index in [-0.39, 0.29) is 11.5 Å². The molecule has 6 heteroatoms. The van der Waals surface area contributed by atoms with Crippen molar-refractivity contribution in [2.45, 2.75) is 6.42 Å². The van der Waals surface area contributed by atoms with Crippen LogP contribution in [0.5, 0.6) is 0 Å². The number of carbonyl (C=O) groups is 1. The van der Waals surface area contributed by atoms with Gasteiger partial charge in [-0.15, -0.1) is 0 Å². The number of aromatic amines is 1. The first kappa shape index (κ1) is 12.1. The smallest absolute Gasteiger partial charge is 0.252 e. The van der Waals surface area contributed by atoms with Crippen LogP contribution in [0.1, 0.15) is 16.1 Å². The molecule has 0 aliphatic carbocycles. The molecule has 2 N–H and O–H groups in total. The minimum absolute atomic E-state index is 0.206. The zero-order chi connectivity index (χ0) is 13.0. The van der Waals surface area contributed by atoms with Crippen LogP contribution in [-0.2, 0) is 13.5 Å². The summed E-state index contributed by atoms with van der Waals surface area (Å²) < 4.78 is 1.72. The molecule has 0 aromatic carbocycles. The Morgan fingerprint density at radius 1 is 1.44 bits per heavy atom. The molecule has 2 rings (SSSR count). The summed E-state index contributed by atoms with van der Waals surface area (Å²) in [6, 6.07) is 4.73. The van der Waals surface area contributed by atoms with Crippen molar-refractivity contribution in [2.24, 2.45) is 7.05 Å². The van der Waals surface area contributed by atoms with Crippen LogP contribution in [0, 0.1) is 0 Å². The van der Waals surface area contributed by atoms with Gasteiger partial charge in [-0.1, -0.05) is 0 Å². The fraction of sp³-hybridized carbons (Fsp3) is 0.250. The molecule has 0 atom stereocenters. The summed E-state index contributed by atoms with van der Waals surface area (Å²) in [6.07, 6.45) is 3.94. The van der Waals surface area contributed by atoms with E-state index in [9.17, 15) is 9.59 Å². The summed E-state index contributed by atoms with van der Waals surface area (Å²) >= 11 is 0. The summed E-state index contributed by atoms with van der Waals surface area (Å²) in [5, 5.41) is 6.98. The molecule has 0 radical (unpaired) electrons. The van der Waals surface area contributed by atoms with E-state index in [1.54, 1.807) is 4.68 Å². The molecule has 0 unspecified atom stereocenters. The lowest BCUT2D eigenvalue weighted by Crippen LogP contribution is -2.26. The topological polar surface area (TPSA) is 79.8 Å². The van der Waals surface area contributed by atoms with Gasteiger partial charge in [-0.2, -0.15) is 5.10 Å². The molecule has 1 amide bonds. The van der Waals surface area contributed by atoms with Crippen LogP contribution in [-0.4, -0.2) is 27.2 Å². The molecular formula is C12H14N4O2. The number of pyridine rings is 1. The first-order valence-corrected chi connectivity index (χ1v) is 5.60. The van der Waals surface area contributed by atoms with Crippen molar-refractivity contribution in [2.75, 3.05) is 6.54 Å². The quantitative estimate of drug-likeness (QED) is 0.801. The normalized spacial score (nSPS) is 10.3. The van der Waals surface area contributed by atoms with Crippen LogP contribution in [0.4, 0.5) is 0 Å². The second-order valence-electron chi connectivity index (χ2n) is 3.93. The first-order chi connectivity index (χ1) is 8.65. The van der Waals surface area contributed by atoms with E-state index in [2.05, 4.69) is 15.4 Å². The Morgan fingerprint density at radius 2 is 2.28 bits per heavy atom. The molecule has 2 aromatic heterocycles. The number of carbonyl (C=O) groups excluding carboxylic acids is 1. The maximum Gasteiger partial charge on any atom is 0.252 e. The highest BCUT2D eigenvalue weighted by molar-refractivity contribution is 5.93. The molecular weight excluding hydrogens is 232 g/mol. The number of hydrogen-bond acceptors (Lipinski definition) is 3. The van der Waals surface area contributed by atoms with E-state index in [0.29, 0.717) is 18.5 Å². The minimum Gasteiger partial charge on any atom is -0.352 e. The Kier molecular flexibility index (Phi) is 3.57. The first-order valence-electron chi connectivity index (χ1n) is 5.60. The third-order valence-electron chi connectivity index (χ3n) is 2.48. The lowest BCUT2D eigenvalue weighted by Gasteiger charge is -2.03. The van der Waals surface area contributed by atoms with Crippen molar-refractivity contribution >= 4 is 5.91 Å². The molecule has 94 valence electrons. The summed E-state index contributed by atoms with van der Waals surface area (Å²) in [7, 11) is 1.85. The molecule has 0 aliphatic rings. The van der Waals surface area contributed by atoms with Gasteiger partial charge in [-0.25, -0.2) is 0 Å². The zero-order valence-electron chi connectivity index (χ0n) is 10.0. The van der Waals surface area contributed by atoms with Gasteiger partial charge in [-0.05, 0) is 12.1 Å². The SMILES string of the molecule is Cn1ccc(CCNC(=O)c2ccc(=O)[nH]c2)n1. The standard InChI is InChI=1S/C12H14N4O2/c1-16-7-5-10(15-16)4-6-13-12(18)9-2-3-11(17)14-8-9/h2-3,5,7-8H,4,6H2,1H3,(H,13,18)(H,14,17). The largest absolute Gasteiger partial charge is 0.352 e. The Morgan fingerprint density at radius 3 is 2.89 bits per heavy atom. The predicted molar refractivity (Wildman–Crippen MR) is 66.3 cm³/mol. The van der Waals surface area contributed by atoms with Gasteiger partial charge in [0.2, 0.25) is 5.56 Å². The highest BCUT2D eigenvalue weighted by atomic mass is 16.1. The van der Waals surface area contributed by atoms with Gasteiger partial charge in [0, 0.05) is 38.5 Å². The summed E-state index contributed by atoms with van der Waals surface area (Å²) in [5.41, 5.74) is 1.15. The van der Waals surface area contributed by atoms with Crippen LogP contribution in [0.3, 0.4) is 0 Å². The third kappa shape index (κ3) is 3.07. The molecule has 0 spiro atoms. The summed E-state index contributed by atoms with van der Waals surface area (Å²) in [5.74, 6) is -0.206. The lowest BCUT2D eigenvalue weighted by atomic mass is 10.2. The number of rotatable bonds is 4. The molecule has 2 heterocycles. The third-order valence-corrected chi connectivity index (χ3v) is 2.48. The molecule has 0 saturated carbocycles. The maximum absolute atomic E-state index is 11.7. The fourth-order valence-electron chi connectivity index (χ4n) is 1.55. The van der Waals surface area contributed by atoms with Crippen molar-refractivity contribution < 1.29 is 4.79 Å². The second kappa shape index (κ2) is 5.31. The molecule has 18 heavy (non-hydrogen) atoms. The second-order valence-corrected chi connectivity index (χ2v) is 3.93. The molecule has 0 bridgehead atoms. The number of aryl methyl sites for hydroxylation is 1. The Balaban J connectivity index is 1.85. The molecule has 0 saturated heterocycles. The van der Waals surface area contributed by atoms with Crippen LogP contribution in [0.15, 0.2) is 35.4 Å². The minimum atomic E-state index is -0.222. The number of nitrogens with one attached hydrogen (secondary N) is 2. The molecule has 2 aromatic rings. The predicted octanol–water partition coefficient (Wildman–Crippen LogP) is 0.0809. The number of hydrogen-bond donors (Lipinski definition) is 2. The van der Waals surface area contributed by atoms with E-state index in [1.165, 1.54) is 18.3 Å². The molecule has 0 fully saturated rings. The Hall–Kier alpha value is -2.37. The van der Waals surface area contributed by atoms with Crippen molar-refractivity contribution in [3.63, 3.8) is 0 Å². The van der Waals surface area contributed by atoms with Gasteiger partial charge in [0.05, 0.1) is 11.3 Å². The fourth-order valence-corrected chi connectivity index (χ4v) is 1.55. The Labute approximate surface area is 104 Å². The average molecular weight is 246 g/mol. The highest BCUT2D eigenvalue weighted by Crippen LogP contribution is 1.96. The van der Waals surface area contributed by atoms with Crippen LogP contribution < -0.4 is 10.9 Å². The zero-order valence-corrected chi connectivity index (χ0v) is 10.0. The monoisotopic (exact) mass is 246 g/mol. The van der Waals surface area contributed by atoms with Crippen LogP contribution in [0.25, 0.3) is 0 Å². The van der Waals surface area contributed by atoms with E-state index in [4.69, 9.17) is 0 Å². The van der Waals surface area contributed by atoms with E-state index < -0.39 is 0 Å². The maximum atomic E-state index is 11.7. The van der Waals surface area contributed by atoms with E-state index in [1.807, 2.05) is 19.3 Å². The molecule has 0 aliphatic heterocycles. The molecule has 6 nitrogen and oxygen atoms in total. The van der Waals surface area contributed by atoms with Gasteiger partial charge in [0.25, 0.3) is 5.91 Å². The number of H-pyrrole nitrogens is 1. The average Bonchev–Trinajstić information content (AvgIpc) is 2.76. The van der Waals surface area contributed by atoms with Gasteiger partial charge >= 0.3 is 0 Å². The van der Waals surface area contributed by atoms with Crippen molar-refractivity contribution in [3.05, 3.63) is 52.2 Å². The lowest BCUT2D eigenvalue weighted by molar-refractivity contribution is 0.0953. The van der Waals surface area contributed by atoms with Crippen LogP contribution >= 0.6 is 0 Å². The van der Waals surface area contributed by atoms with Crippen LogP contribution in [0.2, 0.25) is 0 Å². The van der Waals surface area contributed by atoms with Gasteiger partial charge in [0.15, 0.2) is 0 Å². The van der Waals surface area contributed by atoms with E-state index in [0.717, 1.165) is 5.69 Å².